The first-order chi connectivity index (χ1) is 12.0. The molecule has 0 aliphatic carbocycles. The lowest BCUT2D eigenvalue weighted by Gasteiger charge is -2.14. The minimum absolute atomic E-state index is 0.0684. The molecule has 126 valence electrons. The van der Waals surface area contributed by atoms with E-state index < -0.39 is 11.8 Å². The summed E-state index contributed by atoms with van der Waals surface area (Å²) in [4.78, 5) is 22.7. The Bertz CT molecular complexity index is 1040. The van der Waals surface area contributed by atoms with Gasteiger partial charge in [0.05, 0.1) is 31.7 Å². The van der Waals surface area contributed by atoms with Crippen LogP contribution in [0.2, 0.25) is 0 Å². The predicted molar refractivity (Wildman–Crippen MR) is 86.3 cm³/mol. The zero-order valence-electron chi connectivity index (χ0n) is 13.3. The lowest BCUT2D eigenvalue weighted by molar-refractivity contribution is 0.0596. The van der Waals surface area contributed by atoms with E-state index in [1.165, 1.54) is 26.6 Å². The van der Waals surface area contributed by atoms with Crippen molar-refractivity contribution in [3.05, 3.63) is 35.7 Å². The highest BCUT2D eigenvalue weighted by molar-refractivity contribution is 6.09. The molecule has 0 saturated carbocycles. The summed E-state index contributed by atoms with van der Waals surface area (Å²) >= 11 is 0. The molecular formula is C16H12FN5O3. The maximum atomic E-state index is 14.1. The Hall–Kier alpha value is -3.67. The fourth-order valence-corrected chi connectivity index (χ4v) is 2.61. The van der Waals surface area contributed by atoms with Gasteiger partial charge in [-0.25, -0.2) is 14.2 Å². The van der Waals surface area contributed by atoms with Gasteiger partial charge in [-0.05, 0) is 0 Å². The lowest BCUT2D eigenvalue weighted by atomic mass is 9.98. The van der Waals surface area contributed by atoms with Crippen molar-refractivity contribution in [1.29, 1.82) is 5.26 Å². The summed E-state index contributed by atoms with van der Waals surface area (Å²) in [6.45, 7) is 0. The predicted octanol–water partition coefficient (Wildman–Crippen LogP) is 2.01. The number of aromatic amines is 1. The Morgan fingerprint density at radius 1 is 1.40 bits per heavy atom. The first kappa shape index (κ1) is 16.2. The summed E-state index contributed by atoms with van der Waals surface area (Å²) in [6, 6.07) is 2.00. The van der Waals surface area contributed by atoms with E-state index in [1.807, 2.05) is 6.07 Å². The number of carbonyl (C=O) groups is 1. The molecule has 3 N–H and O–H groups in total. The highest BCUT2D eigenvalue weighted by Gasteiger charge is 2.25. The molecule has 3 aromatic rings. The van der Waals surface area contributed by atoms with E-state index in [-0.39, 0.29) is 39.5 Å². The van der Waals surface area contributed by atoms with E-state index in [2.05, 4.69) is 19.7 Å². The summed E-state index contributed by atoms with van der Waals surface area (Å²) in [5.74, 6) is -1.59. The number of pyridine rings is 2. The number of ether oxygens (including phenoxy) is 2. The van der Waals surface area contributed by atoms with Crippen LogP contribution in [0.5, 0.6) is 5.75 Å². The molecule has 0 aliphatic heterocycles. The maximum absolute atomic E-state index is 14.1. The highest BCUT2D eigenvalue weighted by Crippen LogP contribution is 2.41. The van der Waals surface area contributed by atoms with Gasteiger partial charge in [0, 0.05) is 28.9 Å². The number of H-pyrrole nitrogens is 1. The Labute approximate surface area is 141 Å². The number of hydrogen-bond acceptors (Lipinski definition) is 7. The Morgan fingerprint density at radius 3 is 2.80 bits per heavy atom. The monoisotopic (exact) mass is 341 g/mol. The molecule has 0 aromatic carbocycles. The number of nitriles is 1. The highest BCUT2D eigenvalue weighted by atomic mass is 19.1. The number of nitrogens with one attached hydrogen (secondary N) is 1. The largest absolute Gasteiger partial charge is 0.493 e. The minimum atomic E-state index is -0.767. The number of nitrogen functional groups attached to an aromatic ring is 1. The number of fused-ring (bicyclic) bond motifs is 1. The number of aromatic nitrogens is 3. The third-order valence-electron chi connectivity index (χ3n) is 3.68. The molecule has 0 aliphatic rings. The second kappa shape index (κ2) is 6.09. The summed E-state index contributed by atoms with van der Waals surface area (Å²) in [6.07, 6.45) is 3.74. The number of nitrogens with zero attached hydrogens (tertiary/aromatic N) is 3. The summed E-state index contributed by atoms with van der Waals surface area (Å²) in [5, 5.41) is 9.67. The van der Waals surface area contributed by atoms with Crippen LogP contribution in [0, 0.1) is 17.1 Å². The molecule has 0 bridgehead atoms. The van der Waals surface area contributed by atoms with Gasteiger partial charge < -0.3 is 20.2 Å². The molecule has 0 amide bonds. The van der Waals surface area contributed by atoms with Gasteiger partial charge in [-0.1, -0.05) is 0 Å². The maximum Gasteiger partial charge on any atom is 0.358 e. The molecule has 8 nitrogen and oxygen atoms in total. The van der Waals surface area contributed by atoms with Crippen LogP contribution in [0.15, 0.2) is 18.6 Å². The van der Waals surface area contributed by atoms with E-state index >= 15 is 0 Å². The number of rotatable bonds is 3. The SMILES string of the molecule is COC(=O)c1nc2[nH]cc(C#N)c2c(-c2cncc(F)c2OC)c1N. The number of anilines is 1. The van der Waals surface area contributed by atoms with Gasteiger partial charge in [0.25, 0.3) is 0 Å². The first-order valence-electron chi connectivity index (χ1n) is 7.00. The van der Waals surface area contributed by atoms with E-state index in [0.717, 1.165) is 6.20 Å². The molecule has 0 spiro atoms. The molecule has 3 heterocycles. The lowest BCUT2D eigenvalue weighted by Crippen LogP contribution is -2.10. The summed E-state index contributed by atoms with van der Waals surface area (Å²) < 4.78 is 23.9. The number of halogens is 1. The molecule has 3 aromatic heterocycles. The number of nitrogens with two attached hydrogens (primary N) is 1. The quantitative estimate of drug-likeness (QED) is 0.698. The fraction of sp³-hybridized carbons (Fsp3) is 0.125. The van der Waals surface area contributed by atoms with E-state index in [4.69, 9.17) is 10.5 Å². The first-order valence-corrected chi connectivity index (χ1v) is 7.00. The molecule has 25 heavy (non-hydrogen) atoms. The number of hydrogen-bond donors (Lipinski definition) is 2. The zero-order valence-corrected chi connectivity index (χ0v) is 13.3. The van der Waals surface area contributed by atoms with Crippen LogP contribution in [0.25, 0.3) is 22.2 Å². The van der Waals surface area contributed by atoms with E-state index in [9.17, 15) is 14.4 Å². The van der Waals surface area contributed by atoms with Crippen molar-refractivity contribution in [2.45, 2.75) is 0 Å². The second-order valence-electron chi connectivity index (χ2n) is 4.98. The molecule has 0 unspecified atom stereocenters. The van der Waals surface area contributed by atoms with Crippen LogP contribution < -0.4 is 10.5 Å². The van der Waals surface area contributed by atoms with Crippen molar-refractivity contribution in [2.75, 3.05) is 20.0 Å². The van der Waals surface area contributed by atoms with E-state index in [0.29, 0.717) is 5.39 Å². The molecular weight excluding hydrogens is 329 g/mol. The fourth-order valence-electron chi connectivity index (χ4n) is 2.61. The second-order valence-corrected chi connectivity index (χ2v) is 4.98. The van der Waals surface area contributed by atoms with Gasteiger partial charge in [0.2, 0.25) is 0 Å². The van der Waals surface area contributed by atoms with Crippen molar-refractivity contribution < 1.29 is 18.7 Å². The van der Waals surface area contributed by atoms with Crippen LogP contribution in [0.3, 0.4) is 0 Å². The average molecular weight is 341 g/mol. The average Bonchev–Trinajstić information content (AvgIpc) is 3.03. The van der Waals surface area contributed by atoms with Crippen molar-refractivity contribution in [1.82, 2.24) is 15.0 Å². The van der Waals surface area contributed by atoms with Crippen LogP contribution >= 0.6 is 0 Å². The van der Waals surface area contributed by atoms with E-state index in [1.54, 1.807) is 0 Å². The van der Waals surface area contributed by atoms with Crippen LogP contribution in [-0.4, -0.2) is 35.1 Å². The minimum Gasteiger partial charge on any atom is -0.493 e. The standard InChI is InChI=1S/C16H12FN5O3/c1-24-14-8(5-20-6-9(14)17)11-10-7(3-18)4-21-15(10)22-13(12(11)19)16(23)25-2/h4-6H,19H2,1-2H3,(H,21,22). The van der Waals surface area contributed by atoms with Crippen molar-refractivity contribution in [3.8, 4) is 22.9 Å². The van der Waals surface area contributed by atoms with Gasteiger partial charge in [-0.3, -0.25) is 4.98 Å². The van der Waals surface area contributed by atoms with Crippen molar-refractivity contribution in [2.24, 2.45) is 0 Å². The number of carbonyl (C=O) groups excluding carboxylic acids is 1. The number of methoxy groups -OCH3 is 2. The van der Waals surface area contributed by atoms with Gasteiger partial charge >= 0.3 is 5.97 Å². The van der Waals surface area contributed by atoms with Crippen molar-refractivity contribution in [3.63, 3.8) is 0 Å². The molecule has 9 heteroatoms. The molecule has 0 radical (unpaired) electrons. The Morgan fingerprint density at radius 2 is 2.16 bits per heavy atom. The zero-order chi connectivity index (χ0) is 18.1. The van der Waals surface area contributed by atoms with Gasteiger partial charge in [-0.2, -0.15) is 5.26 Å². The molecule has 0 saturated heterocycles. The summed E-state index contributed by atoms with van der Waals surface area (Å²) in [7, 11) is 2.48. The Kier molecular flexibility index (Phi) is 3.94. The topological polar surface area (TPSA) is 127 Å². The summed E-state index contributed by atoms with van der Waals surface area (Å²) in [5.41, 5.74) is 6.75. The Balaban J connectivity index is 2.50. The molecule has 0 fully saturated rings. The third-order valence-corrected chi connectivity index (χ3v) is 3.68. The smallest absolute Gasteiger partial charge is 0.358 e. The normalized spacial score (nSPS) is 10.5. The van der Waals surface area contributed by atoms with Crippen LogP contribution in [0.4, 0.5) is 10.1 Å². The van der Waals surface area contributed by atoms with Gasteiger partial charge in [0.15, 0.2) is 17.3 Å². The van der Waals surface area contributed by atoms with Crippen molar-refractivity contribution >= 4 is 22.7 Å². The third kappa shape index (κ3) is 2.40. The molecule has 3 rings (SSSR count). The van der Waals surface area contributed by atoms with Gasteiger partial charge in [0.1, 0.15) is 11.7 Å². The van der Waals surface area contributed by atoms with Crippen LogP contribution in [0.1, 0.15) is 16.1 Å². The molecule has 0 atom stereocenters. The van der Waals surface area contributed by atoms with Gasteiger partial charge in [-0.15, -0.1) is 0 Å². The van der Waals surface area contributed by atoms with Crippen LogP contribution in [-0.2, 0) is 4.74 Å². The number of esters is 1.